The van der Waals surface area contributed by atoms with E-state index in [9.17, 15) is 0 Å². The minimum atomic E-state index is 0.366. The zero-order chi connectivity index (χ0) is 13.8. The lowest BCUT2D eigenvalue weighted by atomic mass is 10.1. The van der Waals surface area contributed by atoms with Crippen molar-refractivity contribution in [3.63, 3.8) is 0 Å². The van der Waals surface area contributed by atoms with Crippen LogP contribution in [-0.4, -0.2) is 17.0 Å². The third kappa shape index (κ3) is 3.29. The van der Waals surface area contributed by atoms with Gasteiger partial charge in [0, 0.05) is 19.8 Å². The Morgan fingerprint density at radius 2 is 2.00 bits per heavy atom. The second-order valence-corrected chi connectivity index (χ2v) is 4.82. The number of nitrogens with zero attached hydrogens (tertiary/aromatic N) is 3. The summed E-state index contributed by atoms with van der Waals surface area (Å²) in [7, 11) is 2.03. The van der Waals surface area contributed by atoms with Crippen molar-refractivity contribution in [2.45, 2.75) is 26.9 Å². The Balaban J connectivity index is 2.17. The summed E-state index contributed by atoms with van der Waals surface area (Å²) in [5.74, 6) is 1.57. The molecule has 0 spiro atoms. The van der Waals surface area contributed by atoms with Crippen LogP contribution >= 0.6 is 0 Å². The van der Waals surface area contributed by atoms with Crippen molar-refractivity contribution in [1.29, 1.82) is 0 Å². The van der Waals surface area contributed by atoms with E-state index >= 15 is 0 Å². The lowest BCUT2D eigenvalue weighted by Gasteiger charge is -2.20. The lowest BCUT2D eigenvalue weighted by Crippen LogP contribution is -2.19. The van der Waals surface area contributed by atoms with Gasteiger partial charge < -0.3 is 10.6 Å². The molecule has 0 bridgehead atoms. The van der Waals surface area contributed by atoms with Crippen molar-refractivity contribution >= 4 is 5.82 Å². The molecule has 0 atom stereocenters. The standard InChI is InChI=1S/C15H20N4/c1-11-4-5-13(12(2)8-11)10-19(3)15-6-7-17-14(9-16)18-15/h4-8H,9-10,16H2,1-3H3. The molecule has 2 aromatic rings. The molecule has 2 rings (SSSR count). The molecule has 0 saturated carbocycles. The van der Waals surface area contributed by atoms with Gasteiger partial charge in [-0.2, -0.15) is 0 Å². The normalized spacial score (nSPS) is 10.5. The van der Waals surface area contributed by atoms with Gasteiger partial charge >= 0.3 is 0 Å². The summed E-state index contributed by atoms with van der Waals surface area (Å²) in [4.78, 5) is 10.6. The third-order valence-electron chi connectivity index (χ3n) is 3.17. The number of aryl methyl sites for hydroxylation is 2. The van der Waals surface area contributed by atoms with E-state index in [1.165, 1.54) is 16.7 Å². The molecule has 2 N–H and O–H groups in total. The number of rotatable bonds is 4. The van der Waals surface area contributed by atoms with Gasteiger partial charge in [0.05, 0.1) is 6.54 Å². The summed E-state index contributed by atoms with van der Waals surface area (Å²) < 4.78 is 0. The van der Waals surface area contributed by atoms with Gasteiger partial charge in [-0.1, -0.05) is 23.8 Å². The van der Waals surface area contributed by atoms with Crippen molar-refractivity contribution in [2.24, 2.45) is 5.73 Å². The predicted molar refractivity (Wildman–Crippen MR) is 77.9 cm³/mol. The van der Waals surface area contributed by atoms with Gasteiger partial charge in [0.25, 0.3) is 0 Å². The highest BCUT2D eigenvalue weighted by Crippen LogP contribution is 2.16. The highest BCUT2D eigenvalue weighted by molar-refractivity contribution is 5.40. The lowest BCUT2D eigenvalue weighted by molar-refractivity contribution is 0.845. The van der Waals surface area contributed by atoms with Crippen LogP contribution in [0.5, 0.6) is 0 Å². The monoisotopic (exact) mass is 256 g/mol. The van der Waals surface area contributed by atoms with E-state index in [1.54, 1.807) is 6.20 Å². The molecular weight excluding hydrogens is 236 g/mol. The number of aromatic nitrogens is 2. The fraction of sp³-hybridized carbons (Fsp3) is 0.333. The second kappa shape index (κ2) is 5.80. The molecule has 0 fully saturated rings. The average molecular weight is 256 g/mol. The number of nitrogens with two attached hydrogens (primary N) is 1. The van der Waals surface area contributed by atoms with E-state index < -0.39 is 0 Å². The van der Waals surface area contributed by atoms with Crippen LogP contribution in [0.1, 0.15) is 22.5 Å². The van der Waals surface area contributed by atoms with Crippen molar-refractivity contribution in [2.75, 3.05) is 11.9 Å². The summed E-state index contributed by atoms with van der Waals surface area (Å²) in [6.45, 7) is 5.44. The molecule has 1 aromatic heterocycles. The molecule has 1 heterocycles. The van der Waals surface area contributed by atoms with Gasteiger partial charge in [-0.25, -0.2) is 9.97 Å². The van der Waals surface area contributed by atoms with E-state index in [-0.39, 0.29) is 0 Å². The van der Waals surface area contributed by atoms with Crippen molar-refractivity contribution in [3.8, 4) is 0 Å². The van der Waals surface area contributed by atoms with Crippen LogP contribution in [0.15, 0.2) is 30.5 Å². The van der Waals surface area contributed by atoms with Crippen LogP contribution in [0.3, 0.4) is 0 Å². The molecule has 0 unspecified atom stereocenters. The Hall–Kier alpha value is -1.94. The topological polar surface area (TPSA) is 55.0 Å². The van der Waals surface area contributed by atoms with E-state index in [0.717, 1.165) is 12.4 Å². The van der Waals surface area contributed by atoms with Gasteiger partial charge in [0.1, 0.15) is 11.6 Å². The molecule has 0 saturated heterocycles. The fourth-order valence-corrected chi connectivity index (χ4v) is 2.06. The molecule has 19 heavy (non-hydrogen) atoms. The number of benzene rings is 1. The number of hydrogen-bond donors (Lipinski definition) is 1. The molecule has 4 heteroatoms. The average Bonchev–Trinajstić information content (AvgIpc) is 2.42. The zero-order valence-electron chi connectivity index (χ0n) is 11.7. The van der Waals surface area contributed by atoms with Gasteiger partial charge in [0.15, 0.2) is 0 Å². The van der Waals surface area contributed by atoms with Crippen molar-refractivity contribution < 1.29 is 0 Å². The first-order chi connectivity index (χ1) is 9.10. The first kappa shape index (κ1) is 13.5. The highest BCUT2D eigenvalue weighted by atomic mass is 15.2. The Morgan fingerprint density at radius 1 is 1.21 bits per heavy atom. The molecule has 1 aromatic carbocycles. The first-order valence-corrected chi connectivity index (χ1v) is 6.39. The number of hydrogen-bond acceptors (Lipinski definition) is 4. The minimum Gasteiger partial charge on any atom is -0.355 e. The summed E-state index contributed by atoms with van der Waals surface area (Å²) in [5, 5.41) is 0. The minimum absolute atomic E-state index is 0.366. The van der Waals surface area contributed by atoms with E-state index in [0.29, 0.717) is 12.4 Å². The Bertz CT molecular complexity index is 566. The molecule has 0 radical (unpaired) electrons. The molecule has 0 aliphatic heterocycles. The van der Waals surface area contributed by atoms with E-state index in [1.807, 2.05) is 13.1 Å². The molecule has 0 aliphatic carbocycles. The maximum absolute atomic E-state index is 5.57. The Kier molecular flexibility index (Phi) is 4.12. The van der Waals surface area contributed by atoms with Gasteiger partial charge in [-0.05, 0) is 31.0 Å². The zero-order valence-corrected chi connectivity index (χ0v) is 11.7. The first-order valence-electron chi connectivity index (χ1n) is 6.39. The van der Waals surface area contributed by atoms with Crippen LogP contribution in [0.2, 0.25) is 0 Å². The second-order valence-electron chi connectivity index (χ2n) is 4.82. The Labute approximate surface area is 114 Å². The van der Waals surface area contributed by atoms with E-state index in [4.69, 9.17) is 5.73 Å². The van der Waals surface area contributed by atoms with Crippen LogP contribution in [-0.2, 0) is 13.1 Å². The van der Waals surface area contributed by atoms with Crippen molar-refractivity contribution in [1.82, 2.24) is 9.97 Å². The summed E-state index contributed by atoms with van der Waals surface area (Å²) in [5.41, 5.74) is 9.47. The van der Waals surface area contributed by atoms with Crippen LogP contribution in [0.4, 0.5) is 5.82 Å². The SMILES string of the molecule is Cc1ccc(CN(C)c2ccnc(CN)n2)c(C)c1. The fourth-order valence-electron chi connectivity index (χ4n) is 2.06. The molecular formula is C15H20N4. The van der Waals surface area contributed by atoms with E-state index in [2.05, 4.69) is 46.9 Å². The molecule has 0 aliphatic rings. The largest absolute Gasteiger partial charge is 0.355 e. The third-order valence-corrected chi connectivity index (χ3v) is 3.17. The smallest absolute Gasteiger partial charge is 0.144 e. The number of anilines is 1. The Morgan fingerprint density at radius 3 is 2.68 bits per heavy atom. The summed E-state index contributed by atoms with van der Waals surface area (Å²) in [6.07, 6.45) is 1.75. The van der Waals surface area contributed by atoms with Crippen LogP contribution in [0.25, 0.3) is 0 Å². The van der Waals surface area contributed by atoms with Gasteiger partial charge in [-0.15, -0.1) is 0 Å². The van der Waals surface area contributed by atoms with Crippen molar-refractivity contribution in [3.05, 3.63) is 53.0 Å². The van der Waals surface area contributed by atoms with Crippen LogP contribution in [0, 0.1) is 13.8 Å². The molecule has 4 nitrogen and oxygen atoms in total. The quantitative estimate of drug-likeness (QED) is 0.911. The highest BCUT2D eigenvalue weighted by Gasteiger charge is 2.06. The maximum atomic E-state index is 5.57. The van der Waals surface area contributed by atoms with Gasteiger partial charge in [-0.3, -0.25) is 0 Å². The molecule has 0 amide bonds. The summed E-state index contributed by atoms with van der Waals surface area (Å²) in [6, 6.07) is 8.42. The summed E-state index contributed by atoms with van der Waals surface area (Å²) >= 11 is 0. The van der Waals surface area contributed by atoms with Gasteiger partial charge in [0.2, 0.25) is 0 Å². The maximum Gasteiger partial charge on any atom is 0.144 e. The predicted octanol–water partition coefficient (Wildman–Crippen LogP) is 2.19. The molecule has 100 valence electrons. The van der Waals surface area contributed by atoms with Crippen LogP contribution < -0.4 is 10.6 Å².